The van der Waals surface area contributed by atoms with Crippen molar-refractivity contribution in [2.24, 2.45) is 4.99 Å². The average Bonchev–Trinajstić information content (AvgIpc) is 3.29. The van der Waals surface area contributed by atoms with Crippen molar-refractivity contribution in [2.75, 3.05) is 32.6 Å². The topological polar surface area (TPSA) is 119 Å². The molecule has 2 aromatic carbocycles. The van der Waals surface area contributed by atoms with Gasteiger partial charge in [0.1, 0.15) is 17.5 Å². The molecule has 0 saturated carbocycles. The molecule has 3 rings (SSSR count). The Kier molecular flexibility index (Phi) is 8.60. The highest BCUT2D eigenvalue weighted by molar-refractivity contribution is 7.91. The molecule has 0 spiro atoms. The summed E-state index contributed by atoms with van der Waals surface area (Å²) >= 11 is 5.81. The number of hydrogen-bond donors (Lipinski definition) is 2. The second-order valence-electron chi connectivity index (χ2n) is 7.72. The van der Waals surface area contributed by atoms with E-state index in [1.165, 1.54) is 22.0 Å². The minimum Gasteiger partial charge on any atom is -0.465 e. The van der Waals surface area contributed by atoms with Gasteiger partial charge in [0.2, 0.25) is 5.91 Å². The van der Waals surface area contributed by atoms with Crippen molar-refractivity contribution >= 4 is 39.3 Å². The van der Waals surface area contributed by atoms with Crippen molar-refractivity contribution in [1.82, 2.24) is 15.1 Å². The summed E-state index contributed by atoms with van der Waals surface area (Å²) in [4.78, 5) is 30.4. The van der Waals surface area contributed by atoms with E-state index in [2.05, 4.69) is 10.3 Å². The van der Waals surface area contributed by atoms with E-state index in [-0.39, 0.29) is 22.4 Å². The van der Waals surface area contributed by atoms with Gasteiger partial charge in [-0.3, -0.25) is 20.0 Å². The van der Waals surface area contributed by atoms with Crippen molar-refractivity contribution in [3.05, 3.63) is 76.6 Å². The van der Waals surface area contributed by atoms with E-state index in [9.17, 15) is 27.5 Å². The predicted octanol–water partition coefficient (Wildman–Crippen LogP) is 2.75. The van der Waals surface area contributed by atoms with E-state index < -0.39 is 27.6 Å². The van der Waals surface area contributed by atoms with Gasteiger partial charge in [0.15, 0.2) is 9.84 Å². The van der Waals surface area contributed by atoms with Crippen molar-refractivity contribution in [1.29, 1.82) is 0 Å². The molecule has 0 saturated heterocycles. The first-order chi connectivity index (χ1) is 16.6. The van der Waals surface area contributed by atoms with Crippen molar-refractivity contribution in [3.8, 4) is 0 Å². The molecule has 12 heteroatoms. The molecule has 0 unspecified atom stereocenters. The number of carbonyl (C=O) groups is 2. The van der Waals surface area contributed by atoms with Crippen LogP contribution in [0.5, 0.6) is 0 Å². The highest BCUT2D eigenvalue weighted by Crippen LogP contribution is 2.22. The maximum absolute atomic E-state index is 13.1. The maximum Gasteiger partial charge on any atom is 0.413 e. The Morgan fingerprint density at radius 3 is 2.63 bits per heavy atom. The van der Waals surface area contributed by atoms with Gasteiger partial charge >= 0.3 is 6.09 Å². The van der Waals surface area contributed by atoms with Crippen LogP contribution in [-0.4, -0.2) is 73.7 Å². The summed E-state index contributed by atoms with van der Waals surface area (Å²) in [6.45, 7) is 1.20. The monoisotopic (exact) mass is 522 g/mol. The highest BCUT2D eigenvalue weighted by atomic mass is 35.5. The van der Waals surface area contributed by atoms with Gasteiger partial charge < -0.3 is 10.0 Å². The normalized spacial score (nSPS) is 13.8. The summed E-state index contributed by atoms with van der Waals surface area (Å²) in [5, 5.41) is 11.7. The average molecular weight is 523 g/mol. The second kappa shape index (κ2) is 11.4. The lowest BCUT2D eigenvalue weighted by molar-refractivity contribution is -0.125. The third-order valence-electron chi connectivity index (χ3n) is 5.12. The molecular weight excluding hydrogens is 499 g/mol. The zero-order chi connectivity index (χ0) is 25.6. The van der Waals surface area contributed by atoms with E-state index in [4.69, 9.17) is 11.6 Å². The van der Waals surface area contributed by atoms with E-state index in [1.54, 1.807) is 31.3 Å². The van der Waals surface area contributed by atoms with E-state index in [0.29, 0.717) is 31.0 Å². The third kappa shape index (κ3) is 6.87. The summed E-state index contributed by atoms with van der Waals surface area (Å²) in [6.07, 6.45) is 1.79. The predicted molar refractivity (Wildman–Crippen MR) is 130 cm³/mol. The first kappa shape index (κ1) is 26.3. The quantitative estimate of drug-likeness (QED) is 0.297. The van der Waals surface area contributed by atoms with Gasteiger partial charge in [-0.15, -0.1) is 0 Å². The van der Waals surface area contributed by atoms with E-state index in [1.807, 2.05) is 0 Å². The van der Waals surface area contributed by atoms with Gasteiger partial charge in [-0.05, 0) is 23.8 Å². The Labute approximate surface area is 207 Å². The van der Waals surface area contributed by atoms with Gasteiger partial charge in [0, 0.05) is 31.8 Å². The van der Waals surface area contributed by atoms with Crippen LogP contribution in [0.3, 0.4) is 0 Å². The van der Waals surface area contributed by atoms with Crippen molar-refractivity contribution in [2.45, 2.75) is 11.4 Å². The molecule has 0 fully saturated rings. The Hall–Kier alpha value is -3.28. The summed E-state index contributed by atoms with van der Waals surface area (Å²) in [5.41, 5.74) is 1.53. The van der Waals surface area contributed by atoms with Gasteiger partial charge in [-0.2, -0.15) is 0 Å². The molecule has 0 bridgehead atoms. The number of likely N-dealkylation sites (N-methyl/N-ethyl adjacent to an activating group) is 1. The van der Waals surface area contributed by atoms with Crippen LogP contribution in [-0.2, 0) is 21.2 Å². The van der Waals surface area contributed by atoms with Crippen LogP contribution in [0.15, 0.2) is 64.5 Å². The van der Waals surface area contributed by atoms with E-state index in [0.717, 1.165) is 23.8 Å². The molecule has 1 aliphatic rings. The number of sulfone groups is 1. The van der Waals surface area contributed by atoms with Crippen LogP contribution in [0, 0.1) is 5.82 Å². The van der Waals surface area contributed by atoms with Crippen LogP contribution in [0.2, 0.25) is 5.02 Å². The molecule has 0 aromatic heterocycles. The van der Waals surface area contributed by atoms with Crippen LogP contribution in [0.1, 0.15) is 11.1 Å². The Morgan fingerprint density at radius 1 is 1.26 bits per heavy atom. The summed E-state index contributed by atoms with van der Waals surface area (Å²) < 4.78 is 37.8. The number of nitrogens with zero attached hydrogens (tertiary/aromatic N) is 3. The number of hydrogen-bond acceptors (Lipinski definition) is 6. The molecule has 2 aromatic rings. The molecule has 0 radical (unpaired) electrons. The summed E-state index contributed by atoms with van der Waals surface area (Å²) in [7, 11) is -2.14. The smallest absolute Gasteiger partial charge is 0.413 e. The first-order valence-electron chi connectivity index (χ1n) is 10.5. The Bertz CT molecular complexity index is 1270. The van der Waals surface area contributed by atoms with Crippen molar-refractivity contribution < 1.29 is 27.5 Å². The fourth-order valence-corrected chi connectivity index (χ4v) is 5.05. The number of carbonyl (C=O) groups excluding carboxylic acids is 1. The van der Waals surface area contributed by atoms with Crippen molar-refractivity contribution in [3.63, 3.8) is 0 Å². The van der Waals surface area contributed by atoms with Crippen LogP contribution >= 0.6 is 11.6 Å². The molecule has 0 atom stereocenters. The molecule has 2 N–H and O–H groups in total. The first-order valence-corrected chi connectivity index (χ1v) is 12.6. The number of amidine groups is 1. The number of carboxylic acid groups (broad SMARTS) is 1. The Balaban J connectivity index is 1.48. The number of rotatable bonds is 9. The second-order valence-corrected chi connectivity index (χ2v) is 10.1. The summed E-state index contributed by atoms with van der Waals surface area (Å²) in [6, 6.07) is 10.2. The van der Waals surface area contributed by atoms with Crippen LogP contribution in [0.25, 0.3) is 0 Å². The highest BCUT2D eigenvalue weighted by Gasteiger charge is 2.24. The lowest BCUT2D eigenvalue weighted by Crippen LogP contribution is -2.33. The zero-order valence-corrected chi connectivity index (χ0v) is 20.4. The van der Waals surface area contributed by atoms with Gasteiger partial charge in [0.25, 0.3) is 0 Å². The lowest BCUT2D eigenvalue weighted by Gasteiger charge is -2.17. The molecule has 1 heterocycles. The molecule has 186 valence electrons. The maximum atomic E-state index is 13.1. The van der Waals surface area contributed by atoms with E-state index >= 15 is 0 Å². The minimum atomic E-state index is -3.77. The lowest BCUT2D eigenvalue weighted by atomic mass is 10.1. The molecule has 9 nitrogen and oxygen atoms in total. The van der Waals surface area contributed by atoms with Crippen LogP contribution in [0.4, 0.5) is 9.18 Å². The fourth-order valence-electron chi connectivity index (χ4n) is 3.36. The van der Waals surface area contributed by atoms with Gasteiger partial charge in [0.05, 0.1) is 23.0 Å². The third-order valence-corrected chi connectivity index (χ3v) is 7.16. The summed E-state index contributed by atoms with van der Waals surface area (Å²) in [5.74, 6) is -0.925. The number of amides is 2. The standard InChI is InChI=1S/C23H24ClFN4O5S/c1-28(14-16-4-6-17(7-5-16)22-27-11-12-29(22)23(31)32)21(30)3-2-10-26-15-35(33,34)20-9-8-18(25)13-19(20)24/h2-9,13,26H,10-12,14-15H2,1H3,(H,31,32)/b3-2+. The molecule has 35 heavy (non-hydrogen) atoms. The SMILES string of the molecule is CN(Cc1ccc(C2=NCCN2C(=O)O)cc1)C(=O)/C=C/CNCS(=O)(=O)c1ccc(F)cc1Cl. The fraction of sp³-hybridized carbons (Fsp3) is 0.261. The molecular formula is C23H24ClFN4O5S. The Morgan fingerprint density at radius 2 is 1.97 bits per heavy atom. The largest absolute Gasteiger partial charge is 0.465 e. The van der Waals surface area contributed by atoms with Crippen LogP contribution < -0.4 is 5.32 Å². The van der Waals surface area contributed by atoms with Gasteiger partial charge in [-0.1, -0.05) is 41.9 Å². The number of benzene rings is 2. The zero-order valence-electron chi connectivity index (χ0n) is 18.8. The van der Waals surface area contributed by atoms with Gasteiger partial charge in [-0.25, -0.2) is 17.6 Å². The number of halogens is 2. The molecule has 1 aliphatic heterocycles. The molecule has 2 amide bonds. The molecule has 0 aliphatic carbocycles. The number of aliphatic imine (C=N–C) groups is 1. The number of nitrogens with one attached hydrogen (secondary N) is 1. The minimum absolute atomic E-state index is 0.120.